The van der Waals surface area contributed by atoms with Crippen molar-refractivity contribution in [1.82, 2.24) is 9.13 Å². The fraction of sp³-hybridized carbons (Fsp3) is 0.333. The highest BCUT2D eigenvalue weighted by Gasteiger charge is 2.21. The first-order valence-corrected chi connectivity index (χ1v) is 8.99. The second kappa shape index (κ2) is 7.31. The second-order valence-electron chi connectivity index (χ2n) is 7.08. The van der Waals surface area contributed by atoms with Crippen molar-refractivity contribution in [3.05, 3.63) is 53.3 Å². The molecule has 0 saturated heterocycles. The van der Waals surface area contributed by atoms with E-state index in [1.165, 1.54) is 0 Å². The number of fused-ring (bicyclic) bond motifs is 1. The lowest BCUT2D eigenvalue weighted by atomic mass is 10.1. The average molecular weight is 367 g/mol. The molecular formula is C21H25N3O3. The number of amides is 1. The van der Waals surface area contributed by atoms with Crippen LogP contribution in [0.5, 0.6) is 0 Å². The Morgan fingerprint density at radius 1 is 1.11 bits per heavy atom. The number of esters is 1. The van der Waals surface area contributed by atoms with Gasteiger partial charge in [0.25, 0.3) is 0 Å². The molecule has 0 spiro atoms. The minimum absolute atomic E-state index is 0.0316. The predicted octanol–water partition coefficient (Wildman–Crippen LogP) is 3.80. The molecule has 27 heavy (non-hydrogen) atoms. The monoisotopic (exact) mass is 367 g/mol. The average Bonchev–Trinajstić information content (AvgIpc) is 3.11. The van der Waals surface area contributed by atoms with Gasteiger partial charge in [0.15, 0.2) is 0 Å². The van der Waals surface area contributed by atoms with Gasteiger partial charge in [0, 0.05) is 18.9 Å². The number of carbonyl (C=O) groups is 2. The molecule has 1 aromatic carbocycles. The molecule has 1 N–H and O–H groups in total. The molecule has 6 nitrogen and oxygen atoms in total. The lowest BCUT2D eigenvalue weighted by Crippen LogP contribution is -2.23. The summed E-state index contributed by atoms with van der Waals surface area (Å²) < 4.78 is 8.98. The highest BCUT2D eigenvalue weighted by atomic mass is 16.5. The van der Waals surface area contributed by atoms with Crippen LogP contribution in [0.1, 0.15) is 35.5 Å². The van der Waals surface area contributed by atoms with Gasteiger partial charge in [0.2, 0.25) is 5.91 Å². The molecule has 0 aliphatic carbocycles. The molecule has 0 saturated carbocycles. The Hall–Kier alpha value is -3.02. The number of aromatic nitrogens is 2. The predicted molar refractivity (Wildman–Crippen MR) is 106 cm³/mol. The van der Waals surface area contributed by atoms with Crippen molar-refractivity contribution in [2.24, 2.45) is 7.05 Å². The Morgan fingerprint density at radius 3 is 2.41 bits per heavy atom. The zero-order valence-corrected chi connectivity index (χ0v) is 16.4. The Labute approximate surface area is 158 Å². The van der Waals surface area contributed by atoms with Crippen LogP contribution in [0.15, 0.2) is 36.5 Å². The van der Waals surface area contributed by atoms with Crippen LogP contribution in [-0.2, 0) is 23.1 Å². The van der Waals surface area contributed by atoms with E-state index < -0.39 is 5.97 Å². The Kier molecular flexibility index (Phi) is 5.08. The maximum atomic E-state index is 12.7. The van der Waals surface area contributed by atoms with Crippen molar-refractivity contribution in [3.8, 4) is 0 Å². The molecule has 3 aromatic rings. The quantitative estimate of drug-likeness (QED) is 0.698. The maximum absolute atomic E-state index is 12.7. The van der Waals surface area contributed by atoms with E-state index in [1.807, 2.05) is 55.9 Å². The largest absolute Gasteiger partial charge is 0.458 e. The summed E-state index contributed by atoms with van der Waals surface area (Å²) in [6, 6.07) is 9.54. The van der Waals surface area contributed by atoms with Crippen LogP contribution in [0.25, 0.3) is 11.0 Å². The third kappa shape index (κ3) is 3.74. The van der Waals surface area contributed by atoms with Gasteiger partial charge < -0.3 is 19.2 Å². The van der Waals surface area contributed by atoms with Gasteiger partial charge in [-0.05, 0) is 51.0 Å². The molecule has 3 rings (SSSR count). The molecule has 0 bridgehead atoms. The van der Waals surface area contributed by atoms with Gasteiger partial charge in [-0.3, -0.25) is 4.79 Å². The van der Waals surface area contributed by atoms with Crippen LogP contribution >= 0.6 is 0 Å². The highest BCUT2D eigenvalue weighted by Crippen LogP contribution is 2.23. The van der Waals surface area contributed by atoms with Crippen molar-refractivity contribution in [2.75, 3.05) is 5.32 Å². The van der Waals surface area contributed by atoms with E-state index in [4.69, 9.17) is 4.74 Å². The van der Waals surface area contributed by atoms with Crippen LogP contribution in [0.3, 0.4) is 0 Å². The molecule has 0 unspecified atom stereocenters. The van der Waals surface area contributed by atoms with E-state index in [0.717, 1.165) is 27.8 Å². The summed E-state index contributed by atoms with van der Waals surface area (Å²) in [6.07, 6.45) is 1.68. The lowest BCUT2D eigenvalue weighted by molar-refractivity contribution is -0.116. The van der Waals surface area contributed by atoms with Gasteiger partial charge >= 0.3 is 5.97 Å². The maximum Gasteiger partial charge on any atom is 0.355 e. The molecule has 142 valence electrons. The van der Waals surface area contributed by atoms with Gasteiger partial charge in [-0.2, -0.15) is 0 Å². The van der Waals surface area contributed by atoms with Crippen molar-refractivity contribution in [3.63, 3.8) is 0 Å². The summed E-state index contributed by atoms with van der Waals surface area (Å²) in [5.41, 5.74) is 4.89. The molecular weight excluding hydrogens is 342 g/mol. The standard InChI is InChI=1S/C21H25N3O3/c1-13(2)27-21(26)18-11-17-16(9-10-23(17)5)24(18)12-19(25)22-20-14(3)7-6-8-15(20)4/h6-11,13H,12H2,1-5H3,(H,22,25). The zero-order valence-electron chi connectivity index (χ0n) is 16.4. The number of ether oxygens (including phenoxy) is 1. The fourth-order valence-corrected chi connectivity index (χ4v) is 3.22. The topological polar surface area (TPSA) is 65.3 Å². The third-order valence-corrected chi connectivity index (χ3v) is 4.55. The van der Waals surface area contributed by atoms with E-state index in [1.54, 1.807) is 24.5 Å². The number of rotatable bonds is 5. The minimum Gasteiger partial charge on any atom is -0.458 e. The first-order valence-electron chi connectivity index (χ1n) is 8.99. The summed E-state index contributed by atoms with van der Waals surface area (Å²) in [7, 11) is 1.90. The molecule has 2 heterocycles. The van der Waals surface area contributed by atoms with Crippen molar-refractivity contribution < 1.29 is 14.3 Å². The summed E-state index contributed by atoms with van der Waals surface area (Å²) in [6.45, 7) is 7.55. The van der Waals surface area contributed by atoms with Gasteiger partial charge in [-0.25, -0.2) is 4.79 Å². The van der Waals surface area contributed by atoms with E-state index in [-0.39, 0.29) is 18.6 Å². The van der Waals surface area contributed by atoms with Crippen LogP contribution in [-0.4, -0.2) is 27.1 Å². The molecule has 0 radical (unpaired) electrons. The lowest BCUT2D eigenvalue weighted by Gasteiger charge is -2.14. The number of benzene rings is 1. The number of carbonyl (C=O) groups excluding carboxylic acids is 2. The summed E-state index contributed by atoms with van der Waals surface area (Å²) >= 11 is 0. The summed E-state index contributed by atoms with van der Waals surface area (Å²) in [4.78, 5) is 25.3. The van der Waals surface area contributed by atoms with Crippen LogP contribution in [0.2, 0.25) is 0 Å². The van der Waals surface area contributed by atoms with E-state index in [9.17, 15) is 9.59 Å². The number of hydrogen-bond donors (Lipinski definition) is 1. The first-order chi connectivity index (χ1) is 12.8. The number of para-hydroxylation sites is 1. The molecule has 0 atom stereocenters. The van der Waals surface area contributed by atoms with Gasteiger partial charge in [0.05, 0.1) is 17.1 Å². The normalized spacial score (nSPS) is 11.2. The minimum atomic E-state index is -0.430. The SMILES string of the molecule is Cc1cccc(C)c1NC(=O)Cn1c(C(=O)OC(C)C)cc2c1ccn2C. The number of nitrogens with zero attached hydrogens (tertiary/aromatic N) is 2. The molecule has 0 aliphatic heterocycles. The summed E-state index contributed by atoms with van der Waals surface area (Å²) in [5.74, 6) is -0.617. The smallest absolute Gasteiger partial charge is 0.355 e. The van der Waals surface area contributed by atoms with Crippen molar-refractivity contribution in [1.29, 1.82) is 0 Å². The third-order valence-electron chi connectivity index (χ3n) is 4.55. The fourth-order valence-electron chi connectivity index (χ4n) is 3.22. The molecule has 1 amide bonds. The van der Waals surface area contributed by atoms with E-state index in [0.29, 0.717) is 5.69 Å². The zero-order chi connectivity index (χ0) is 19.7. The molecule has 0 fully saturated rings. The molecule has 0 aliphatic rings. The molecule has 6 heteroatoms. The Balaban J connectivity index is 1.93. The number of nitrogens with one attached hydrogen (secondary N) is 1. The first kappa shape index (κ1) is 18.8. The van der Waals surface area contributed by atoms with Crippen LogP contribution < -0.4 is 5.32 Å². The van der Waals surface area contributed by atoms with Gasteiger partial charge in [-0.1, -0.05) is 18.2 Å². The van der Waals surface area contributed by atoms with Crippen molar-refractivity contribution >= 4 is 28.6 Å². The van der Waals surface area contributed by atoms with Gasteiger partial charge in [-0.15, -0.1) is 0 Å². The number of anilines is 1. The van der Waals surface area contributed by atoms with Crippen molar-refractivity contribution in [2.45, 2.75) is 40.3 Å². The van der Waals surface area contributed by atoms with Crippen LogP contribution in [0, 0.1) is 13.8 Å². The number of aryl methyl sites for hydroxylation is 3. The Bertz CT molecular complexity index is 991. The van der Waals surface area contributed by atoms with Crippen LogP contribution in [0.4, 0.5) is 5.69 Å². The second-order valence-corrected chi connectivity index (χ2v) is 7.08. The summed E-state index contributed by atoms with van der Waals surface area (Å²) in [5, 5.41) is 2.98. The highest BCUT2D eigenvalue weighted by molar-refractivity contribution is 5.98. The van der Waals surface area contributed by atoms with Gasteiger partial charge in [0.1, 0.15) is 12.2 Å². The van der Waals surface area contributed by atoms with E-state index in [2.05, 4.69) is 5.32 Å². The van der Waals surface area contributed by atoms with E-state index >= 15 is 0 Å². The Morgan fingerprint density at radius 2 is 1.78 bits per heavy atom. The molecule has 2 aromatic heterocycles. The number of hydrogen-bond acceptors (Lipinski definition) is 3.